The van der Waals surface area contributed by atoms with Crippen LogP contribution in [-0.2, 0) is 6.54 Å². The maximum absolute atomic E-state index is 4.40. The van der Waals surface area contributed by atoms with Gasteiger partial charge >= 0.3 is 0 Å². The van der Waals surface area contributed by atoms with Gasteiger partial charge in [0.25, 0.3) is 0 Å². The van der Waals surface area contributed by atoms with Gasteiger partial charge in [0.15, 0.2) is 0 Å². The lowest BCUT2D eigenvalue weighted by Gasteiger charge is -2.17. The van der Waals surface area contributed by atoms with Crippen LogP contribution in [0.2, 0.25) is 0 Å². The van der Waals surface area contributed by atoms with E-state index in [-0.39, 0.29) is 0 Å². The Kier molecular flexibility index (Phi) is 1.67. The second-order valence-electron chi connectivity index (χ2n) is 2.98. The fourth-order valence-corrected chi connectivity index (χ4v) is 1.57. The van der Waals surface area contributed by atoms with Crippen LogP contribution in [0.4, 0.5) is 11.5 Å². The Morgan fingerprint density at radius 3 is 2.92 bits per heavy atom. The molecule has 12 heavy (non-hydrogen) atoms. The third-order valence-electron chi connectivity index (χ3n) is 2.15. The molecule has 1 aromatic rings. The second kappa shape index (κ2) is 2.69. The van der Waals surface area contributed by atoms with Crippen molar-refractivity contribution in [3.8, 4) is 0 Å². The van der Waals surface area contributed by atoms with Gasteiger partial charge in [-0.3, -0.25) is 0 Å². The van der Waals surface area contributed by atoms with Gasteiger partial charge in [-0.1, -0.05) is 0 Å². The highest BCUT2D eigenvalue weighted by molar-refractivity contribution is 5.69. The summed E-state index contributed by atoms with van der Waals surface area (Å²) in [5, 5.41) is 11.1. The van der Waals surface area contributed by atoms with Crippen LogP contribution in [0.15, 0.2) is 0 Å². The predicted octanol–water partition coefficient (Wildman–Crippen LogP) is 1.05. The molecule has 1 aliphatic heterocycles. The summed E-state index contributed by atoms with van der Waals surface area (Å²) >= 11 is 0. The molecule has 0 spiro atoms. The number of aryl methyl sites for hydroxylation is 2. The third kappa shape index (κ3) is 0.948. The van der Waals surface area contributed by atoms with Gasteiger partial charge in [-0.2, -0.15) is 5.10 Å². The Balaban J connectivity index is 2.47. The van der Waals surface area contributed by atoms with Crippen LogP contribution in [0.5, 0.6) is 0 Å². The van der Waals surface area contributed by atoms with Crippen LogP contribution in [0.3, 0.4) is 0 Å². The molecule has 2 N–H and O–H groups in total. The van der Waals surface area contributed by atoms with Gasteiger partial charge in [-0.05, 0) is 13.8 Å². The zero-order valence-corrected chi connectivity index (χ0v) is 7.52. The maximum atomic E-state index is 4.40. The van der Waals surface area contributed by atoms with Crippen molar-refractivity contribution in [1.29, 1.82) is 0 Å². The monoisotopic (exact) mass is 166 g/mol. The van der Waals surface area contributed by atoms with E-state index < -0.39 is 0 Å². The lowest BCUT2D eigenvalue weighted by molar-refractivity contribution is 0.657. The first kappa shape index (κ1) is 7.46. The number of nitrogens with zero attached hydrogens (tertiary/aromatic N) is 2. The largest absolute Gasteiger partial charge is 0.379 e. The molecule has 66 valence electrons. The van der Waals surface area contributed by atoms with Crippen molar-refractivity contribution in [3.05, 3.63) is 5.69 Å². The molecule has 2 heterocycles. The van der Waals surface area contributed by atoms with Gasteiger partial charge in [-0.25, -0.2) is 4.68 Å². The molecule has 0 amide bonds. The summed E-state index contributed by atoms with van der Waals surface area (Å²) in [6, 6.07) is 0. The van der Waals surface area contributed by atoms with E-state index >= 15 is 0 Å². The minimum absolute atomic E-state index is 0.921. The average Bonchev–Trinajstić information content (AvgIpc) is 2.44. The number of fused-ring (bicyclic) bond motifs is 1. The number of anilines is 2. The highest BCUT2D eigenvalue weighted by Crippen LogP contribution is 2.27. The molecule has 0 atom stereocenters. The molecule has 1 aliphatic rings. The van der Waals surface area contributed by atoms with Crippen LogP contribution in [0, 0.1) is 6.92 Å². The zero-order valence-electron chi connectivity index (χ0n) is 7.52. The van der Waals surface area contributed by atoms with E-state index in [1.165, 1.54) is 5.69 Å². The Hall–Kier alpha value is -1.19. The first-order chi connectivity index (χ1) is 5.83. The van der Waals surface area contributed by atoms with E-state index in [4.69, 9.17) is 0 Å². The smallest absolute Gasteiger partial charge is 0.148 e. The molecule has 2 rings (SSSR count). The third-order valence-corrected chi connectivity index (χ3v) is 2.15. The molecule has 4 heteroatoms. The lowest BCUT2D eigenvalue weighted by atomic mass is 10.3. The van der Waals surface area contributed by atoms with Crippen LogP contribution < -0.4 is 10.6 Å². The van der Waals surface area contributed by atoms with Gasteiger partial charge in [-0.15, -0.1) is 0 Å². The molecule has 0 saturated heterocycles. The highest BCUT2D eigenvalue weighted by Gasteiger charge is 2.16. The van der Waals surface area contributed by atoms with Crippen LogP contribution in [0.1, 0.15) is 12.6 Å². The summed E-state index contributed by atoms with van der Waals surface area (Å²) in [4.78, 5) is 0. The second-order valence-corrected chi connectivity index (χ2v) is 2.98. The number of hydrogen-bond donors (Lipinski definition) is 2. The molecule has 1 aromatic heterocycles. The summed E-state index contributed by atoms with van der Waals surface area (Å²) in [5.41, 5.74) is 2.25. The molecule has 0 fully saturated rings. The van der Waals surface area contributed by atoms with E-state index in [9.17, 15) is 0 Å². The van der Waals surface area contributed by atoms with Gasteiger partial charge in [0.2, 0.25) is 0 Å². The molecule has 0 aliphatic carbocycles. The normalized spacial score (nSPS) is 14.8. The average molecular weight is 166 g/mol. The quantitative estimate of drug-likeness (QED) is 0.655. The summed E-state index contributed by atoms with van der Waals surface area (Å²) in [6.45, 7) is 7.03. The first-order valence-corrected chi connectivity index (χ1v) is 4.38. The minimum atomic E-state index is 0.921. The van der Waals surface area contributed by atoms with Crippen LogP contribution in [-0.4, -0.2) is 22.9 Å². The van der Waals surface area contributed by atoms with E-state index in [1.807, 2.05) is 11.6 Å². The summed E-state index contributed by atoms with van der Waals surface area (Å²) in [5.74, 6) is 1.14. The summed E-state index contributed by atoms with van der Waals surface area (Å²) in [7, 11) is 0. The molecular formula is C8H14N4. The predicted molar refractivity (Wildman–Crippen MR) is 49.6 cm³/mol. The van der Waals surface area contributed by atoms with Gasteiger partial charge in [0.1, 0.15) is 11.5 Å². The standard InChI is InChI=1S/C8H14N4/c1-3-12-8-7(6(2)11-12)9-4-5-10-8/h9-10H,3-5H2,1-2H3. The van der Waals surface area contributed by atoms with E-state index in [0.29, 0.717) is 0 Å². The fourth-order valence-electron chi connectivity index (χ4n) is 1.57. The molecule has 0 bridgehead atoms. The van der Waals surface area contributed by atoms with Crippen molar-refractivity contribution < 1.29 is 0 Å². The number of aromatic nitrogens is 2. The van der Waals surface area contributed by atoms with Crippen molar-refractivity contribution in [1.82, 2.24) is 9.78 Å². The Morgan fingerprint density at radius 1 is 1.42 bits per heavy atom. The van der Waals surface area contributed by atoms with Crippen molar-refractivity contribution in [2.24, 2.45) is 0 Å². The molecule has 0 radical (unpaired) electrons. The van der Waals surface area contributed by atoms with E-state index in [0.717, 1.165) is 31.1 Å². The van der Waals surface area contributed by atoms with E-state index in [1.54, 1.807) is 0 Å². The zero-order chi connectivity index (χ0) is 8.55. The first-order valence-electron chi connectivity index (χ1n) is 4.38. The van der Waals surface area contributed by atoms with Crippen molar-refractivity contribution >= 4 is 11.5 Å². The Morgan fingerprint density at radius 2 is 2.17 bits per heavy atom. The van der Waals surface area contributed by atoms with Crippen LogP contribution >= 0.6 is 0 Å². The molecule has 4 nitrogen and oxygen atoms in total. The SMILES string of the molecule is CCn1nc(C)c2c1NCCN2. The van der Waals surface area contributed by atoms with Crippen molar-refractivity contribution in [2.75, 3.05) is 23.7 Å². The topological polar surface area (TPSA) is 41.9 Å². The molecule has 0 unspecified atom stereocenters. The van der Waals surface area contributed by atoms with E-state index in [2.05, 4.69) is 22.7 Å². The minimum Gasteiger partial charge on any atom is -0.379 e. The van der Waals surface area contributed by atoms with Crippen molar-refractivity contribution in [2.45, 2.75) is 20.4 Å². The Bertz CT molecular complexity index is 289. The summed E-state index contributed by atoms with van der Waals surface area (Å²) in [6.07, 6.45) is 0. The maximum Gasteiger partial charge on any atom is 0.148 e. The number of rotatable bonds is 1. The molecule has 0 saturated carbocycles. The van der Waals surface area contributed by atoms with Gasteiger partial charge < -0.3 is 10.6 Å². The number of nitrogens with one attached hydrogen (secondary N) is 2. The molecular weight excluding hydrogens is 152 g/mol. The highest BCUT2D eigenvalue weighted by atomic mass is 15.4. The van der Waals surface area contributed by atoms with Gasteiger partial charge in [0.05, 0.1) is 5.69 Å². The molecule has 0 aromatic carbocycles. The van der Waals surface area contributed by atoms with Crippen LogP contribution in [0.25, 0.3) is 0 Å². The summed E-state index contributed by atoms with van der Waals surface area (Å²) < 4.78 is 2.00. The lowest BCUT2D eigenvalue weighted by Crippen LogP contribution is -2.21. The van der Waals surface area contributed by atoms with Crippen molar-refractivity contribution in [3.63, 3.8) is 0 Å². The Labute approximate surface area is 72.0 Å². The number of hydrogen-bond acceptors (Lipinski definition) is 3. The fraction of sp³-hybridized carbons (Fsp3) is 0.625. The van der Waals surface area contributed by atoms with Gasteiger partial charge in [0, 0.05) is 19.6 Å².